The number of aromatic nitrogens is 2. The van der Waals surface area contributed by atoms with E-state index in [1.807, 2.05) is 6.92 Å². The molecule has 0 saturated carbocycles. The Morgan fingerprint density at radius 2 is 0.907 bits per heavy atom. The van der Waals surface area contributed by atoms with Crippen LogP contribution in [0.1, 0.15) is 188 Å². The SMILES string of the molecule is CCCCCCCCCCCC(=O)[O-].CCCCCCCCCCCC(=O)[O-].CCC[CH2][Sn+2][CH2]CCC.Cc1ncc[nH]1. The van der Waals surface area contributed by atoms with Crippen LogP contribution >= 0.6 is 0 Å². The normalized spacial score (nSPS) is 9.88. The van der Waals surface area contributed by atoms with Gasteiger partial charge in [-0.2, -0.15) is 0 Å². The molecule has 0 saturated heterocycles. The van der Waals surface area contributed by atoms with Gasteiger partial charge in [-0.3, -0.25) is 0 Å². The van der Waals surface area contributed by atoms with E-state index in [-0.39, 0.29) is 34.0 Å². The Labute approximate surface area is 277 Å². The van der Waals surface area contributed by atoms with Gasteiger partial charge in [-0.1, -0.05) is 117 Å². The van der Waals surface area contributed by atoms with Gasteiger partial charge in [-0.05, 0) is 32.6 Å². The Balaban J connectivity index is -0.000000518. The first-order valence-corrected chi connectivity index (χ1v) is 21.9. The molecule has 43 heavy (non-hydrogen) atoms. The van der Waals surface area contributed by atoms with Crippen molar-refractivity contribution in [3.63, 3.8) is 0 Å². The van der Waals surface area contributed by atoms with Crippen molar-refractivity contribution in [1.82, 2.24) is 9.97 Å². The van der Waals surface area contributed by atoms with Gasteiger partial charge in [0.1, 0.15) is 5.82 Å². The van der Waals surface area contributed by atoms with E-state index in [1.165, 1.54) is 116 Å². The largest absolute Gasteiger partial charge is 0.349 e. The van der Waals surface area contributed by atoms with Crippen molar-refractivity contribution in [2.75, 3.05) is 0 Å². The Bertz CT molecular complexity index is 603. The quantitative estimate of drug-likeness (QED) is 0.0761. The van der Waals surface area contributed by atoms with Crippen molar-refractivity contribution in [3.8, 4) is 0 Å². The summed E-state index contributed by atoms with van der Waals surface area (Å²) >= 11 is 0.149. The van der Waals surface area contributed by atoms with Crippen molar-refractivity contribution in [3.05, 3.63) is 18.2 Å². The molecule has 0 atom stereocenters. The van der Waals surface area contributed by atoms with Crippen molar-refractivity contribution < 1.29 is 19.8 Å². The number of nitrogens with one attached hydrogen (secondary N) is 1. The predicted octanol–water partition coefficient (Wildman–Crippen LogP) is 9.16. The fourth-order valence-electron chi connectivity index (χ4n) is 4.23. The first-order chi connectivity index (χ1) is 20.8. The fraction of sp³-hybridized carbons (Fsp3) is 0.861. The van der Waals surface area contributed by atoms with Crippen molar-refractivity contribution >= 4 is 33.1 Å². The van der Waals surface area contributed by atoms with E-state index < -0.39 is 11.9 Å². The van der Waals surface area contributed by atoms with Crippen LogP contribution in [0.25, 0.3) is 0 Å². The minimum atomic E-state index is -0.909. The average Bonchev–Trinajstić information content (AvgIpc) is 3.47. The summed E-state index contributed by atoms with van der Waals surface area (Å²) < 4.78 is 3.25. The number of imidazole rings is 1. The molecule has 1 aromatic heterocycles. The molecule has 0 amide bonds. The number of unbranched alkanes of at least 4 members (excludes halogenated alkanes) is 18. The van der Waals surface area contributed by atoms with Crippen LogP contribution in [0, 0.1) is 6.92 Å². The van der Waals surface area contributed by atoms with Crippen LogP contribution in [0.4, 0.5) is 0 Å². The van der Waals surface area contributed by atoms with Crippen LogP contribution in [0.2, 0.25) is 8.87 Å². The Kier molecular flexibility index (Phi) is 46.5. The monoisotopic (exact) mass is 714 g/mol. The van der Waals surface area contributed by atoms with Gasteiger partial charge in [-0.15, -0.1) is 0 Å². The minimum absolute atomic E-state index is 0.149. The number of carboxylic acid groups (broad SMARTS) is 2. The van der Waals surface area contributed by atoms with Gasteiger partial charge < -0.3 is 24.8 Å². The maximum Gasteiger partial charge on any atom is 0.102 e. The van der Waals surface area contributed by atoms with Crippen LogP contribution in [0.3, 0.4) is 0 Å². The number of H-pyrrole nitrogens is 1. The van der Waals surface area contributed by atoms with Crippen LogP contribution in [-0.2, 0) is 9.59 Å². The van der Waals surface area contributed by atoms with Gasteiger partial charge in [0.15, 0.2) is 0 Å². The molecule has 0 spiro atoms. The van der Waals surface area contributed by atoms with Gasteiger partial charge in [0.05, 0.1) is 0 Å². The summed E-state index contributed by atoms with van der Waals surface area (Å²) in [5.74, 6) is -0.851. The first kappa shape index (κ1) is 46.4. The van der Waals surface area contributed by atoms with Gasteiger partial charge in [0.25, 0.3) is 0 Å². The number of nitrogens with zero attached hydrogens (tertiary/aromatic N) is 1. The summed E-state index contributed by atoms with van der Waals surface area (Å²) in [6.07, 6.45) is 31.7. The van der Waals surface area contributed by atoms with Crippen LogP contribution in [0.15, 0.2) is 12.4 Å². The second-order valence-corrected chi connectivity index (χ2v) is 15.8. The fourth-order valence-corrected chi connectivity index (χ4v) is 8.39. The summed E-state index contributed by atoms with van der Waals surface area (Å²) in [5.41, 5.74) is 0. The molecule has 6 nitrogen and oxygen atoms in total. The van der Waals surface area contributed by atoms with E-state index >= 15 is 0 Å². The number of rotatable bonds is 26. The first-order valence-electron chi connectivity index (χ1n) is 17.9. The Morgan fingerprint density at radius 1 is 0.581 bits per heavy atom. The molecule has 0 aliphatic rings. The molecular formula is C36H70N2O4Sn. The zero-order valence-corrected chi connectivity index (χ0v) is 32.0. The Hall–Kier alpha value is -1.05. The predicted molar refractivity (Wildman–Crippen MR) is 182 cm³/mol. The molecule has 1 heterocycles. The number of aromatic amines is 1. The van der Waals surface area contributed by atoms with E-state index in [4.69, 9.17) is 0 Å². The summed E-state index contributed by atoms with van der Waals surface area (Å²) in [6.45, 7) is 10.9. The molecule has 1 aromatic rings. The number of aryl methyl sites for hydroxylation is 1. The number of carboxylic acids is 2. The maximum atomic E-state index is 10.1. The summed E-state index contributed by atoms with van der Waals surface area (Å²) in [7, 11) is 0. The van der Waals surface area contributed by atoms with Gasteiger partial charge >= 0.3 is 69.5 Å². The number of carbonyl (C=O) groups excluding carboxylic acids is 2. The number of hydrogen-bond donors (Lipinski definition) is 1. The zero-order valence-electron chi connectivity index (χ0n) is 29.1. The van der Waals surface area contributed by atoms with Crippen molar-refractivity contribution in [2.24, 2.45) is 0 Å². The van der Waals surface area contributed by atoms with E-state index in [9.17, 15) is 19.8 Å². The van der Waals surface area contributed by atoms with Crippen LogP contribution < -0.4 is 10.2 Å². The molecule has 0 unspecified atom stereocenters. The molecule has 0 aliphatic heterocycles. The molecule has 1 rings (SSSR count). The van der Waals surface area contributed by atoms with Gasteiger partial charge in [-0.25, -0.2) is 4.98 Å². The second-order valence-electron chi connectivity index (χ2n) is 11.5. The van der Waals surface area contributed by atoms with E-state index in [1.54, 1.807) is 21.3 Å². The smallest absolute Gasteiger partial charge is 0.102 e. The molecular weight excluding hydrogens is 643 g/mol. The summed E-state index contributed by atoms with van der Waals surface area (Å²) in [6, 6.07) is 0. The second kappa shape index (κ2) is 43.1. The van der Waals surface area contributed by atoms with Crippen LogP contribution in [-0.4, -0.2) is 43.0 Å². The third kappa shape index (κ3) is 53.9. The van der Waals surface area contributed by atoms with Crippen molar-refractivity contribution in [1.29, 1.82) is 0 Å². The number of hydrogen-bond acceptors (Lipinski definition) is 5. The number of carbonyl (C=O) groups is 2. The molecule has 252 valence electrons. The third-order valence-electron chi connectivity index (χ3n) is 7.02. The molecule has 1 N–H and O–H groups in total. The number of aliphatic carboxylic acids is 2. The zero-order chi connectivity index (χ0) is 32.7. The average molecular weight is 714 g/mol. The Morgan fingerprint density at radius 3 is 1.14 bits per heavy atom. The van der Waals surface area contributed by atoms with E-state index in [2.05, 4.69) is 37.7 Å². The minimum Gasteiger partial charge on any atom is -0.349 e. The summed E-state index contributed by atoms with van der Waals surface area (Å²) in [4.78, 5) is 26.9. The standard InChI is InChI=1S/2C12H24O2.C4H6N2.2C4H9.Sn/c2*1-2-3-4-5-6-7-8-9-10-11-12(13)14;1-4-5-2-3-6-4;2*1-3-4-2;/h2*2-11H2,1H3,(H,13,14);2-3H,1H3,(H,5,6);2*1,3-4H2,2H3;/q;;;;;+2/p-2. The topological polar surface area (TPSA) is 109 Å². The van der Waals surface area contributed by atoms with Crippen molar-refractivity contribution in [2.45, 2.75) is 198 Å². The van der Waals surface area contributed by atoms with Gasteiger partial charge in [0, 0.05) is 24.3 Å². The molecule has 0 aromatic carbocycles. The molecule has 0 aliphatic carbocycles. The molecule has 7 heteroatoms. The van der Waals surface area contributed by atoms with E-state index in [0.29, 0.717) is 0 Å². The summed E-state index contributed by atoms with van der Waals surface area (Å²) in [5, 5.41) is 20.2. The molecule has 0 bridgehead atoms. The molecule has 0 fully saturated rings. The van der Waals surface area contributed by atoms with Crippen LogP contribution in [0.5, 0.6) is 0 Å². The third-order valence-corrected chi connectivity index (χ3v) is 11.1. The van der Waals surface area contributed by atoms with Gasteiger partial charge in [0.2, 0.25) is 0 Å². The van der Waals surface area contributed by atoms with E-state index in [0.717, 1.165) is 31.5 Å². The molecule has 0 radical (unpaired) electrons. The maximum absolute atomic E-state index is 10.1.